The lowest BCUT2D eigenvalue weighted by Gasteiger charge is -2.57. The lowest BCUT2D eigenvalue weighted by molar-refractivity contribution is -0.00531. The summed E-state index contributed by atoms with van der Waals surface area (Å²) in [4.78, 5) is 11.3. The van der Waals surface area contributed by atoms with Crippen molar-refractivity contribution in [3.05, 3.63) is 142 Å². The molecule has 0 saturated heterocycles. The third kappa shape index (κ3) is 5.26. The van der Waals surface area contributed by atoms with E-state index in [4.69, 9.17) is 19.5 Å². The normalized spacial score (nSPS) is 38.6. The Morgan fingerprint density at radius 1 is 0.458 bits per heavy atom. The highest BCUT2D eigenvalue weighted by atomic mass is 16.5. The molecule has 10 aliphatic carbocycles. The van der Waals surface area contributed by atoms with E-state index in [2.05, 4.69) is 97.1 Å². The third-order valence-corrected chi connectivity index (χ3v) is 18.4. The molecular weight excluding hydrogens is 721 g/mol. The van der Waals surface area contributed by atoms with Crippen molar-refractivity contribution in [3.8, 4) is 0 Å². The summed E-state index contributed by atoms with van der Waals surface area (Å²) in [5.74, 6) is 7.30. The van der Waals surface area contributed by atoms with Crippen LogP contribution in [0, 0.1) is 40.9 Å². The van der Waals surface area contributed by atoms with Gasteiger partial charge >= 0.3 is 0 Å². The molecule has 12 aliphatic rings. The molecule has 59 heavy (non-hydrogen) atoms. The van der Waals surface area contributed by atoms with Crippen LogP contribution in [-0.4, -0.2) is 24.0 Å². The van der Waals surface area contributed by atoms with Gasteiger partial charge in [0.25, 0.3) is 0 Å². The van der Waals surface area contributed by atoms with Crippen LogP contribution in [0.3, 0.4) is 0 Å². The molecule has 16 rings (SSSR count). The number of hydrogen-bond donors (Lipinski definition) is 0. The van der Waals surface area contributed by atoms with Crippen molar-refractivity contribution >= 4 is 11.8 Å². The molecule has 0 radical (unpaired) electrons. The molecule has 4 heteroatoms. The van der Waals surface area contributed by atoms with Crippen LogP contribution in [0.1, 0.15) is 134 Å². The first-order valence-corrected chi connectivity index (χ1v) is 23.8. The predicted molar refractivity (Wildman–Crippen MR) is 233 cm³/mol. The topological polar surface area (TPSA) is 43.2 Å². The second-order valence-electron chi connectivity index (χ2n) is 22.1. The van der Waals surface area contributed by atoms with Crippen molar-refractivity contribution in [1.29, 1.82) is 0 Å². The molecule has 4 atom stereocenters. The van der Waals surface area contributed by atoms with Crippen LogP contribution in [0.25, 0.3) is 0 Å². The first-order chi connectivity index (χ1) is 28.9. The second kappa shape index (κ2) is 12.5. The van der Waals surface area contributed by atoms with Gasteiger partial charge < -0.3 is 9.47 Å². The number of nitrogens with zero attached hydrogens (tertiary/aromatic N) is 2. The Bertz CT molecular complexity index is 2170. The number of fused-ring (bicyclic) bond motifs is 6. The van der Waals surface area contributed by atoms with E-state index in [0.717, 1.165) is 73.0 Å². The lowest BCUT2D eigenvalue weighted by Crippen LogP contribution is -2.48. The molecule has 4 aromatic rings. The van der Waals surface area contributed by atoms with E-state index in [-0.39, 0.29) is 24.3 Å². The van der Waals surface area contributed by atoms with E-state index in [1.165, 1.54) is 110 Å². The van der Waals surface area contributed by atoms with Crippen LogP contribution in [0.5, 0.6) is 0 Å². The number of rotatable bonds is 8. The standard InChI is InChI=1S/C55H58N2O2/c1-3-7-45-41(5-1)23-47-49(45)56-51(58-47)55(52-57-50-46-8-4-2-6-42(46)24-48(50)59-52,31-33-9-13-43(14-10-33)53-25-35-17-36(26-53)19-37(18-35)27-53)32-34-11-15-44(16-12-34)54-28-38-20-39(29-54)22-40(21-38)30-54/h1-16,35-40,47-50H,17-32H2/t35?,36?,37?,38?,39?,40?,47-,48-,49+,50+,53?,54?/m1/s1. The lowest BCUT2D eigenvalue weighted by atomic mass is 9.48. The highest BCUT2D eigenvalue weighted by Crippen LogP contribution is 2.62. The van der Waals surface area contributed by atoms with Gasteiger partial charge in [0, 0.05) is 12.8 Å². The molecule has 2 aliphatic heterocycles. The molecule has 8 bridgehead atoms. The number of ether oxygens (including phenoxy) is 2. The van der Waals surface area contributed by atoms with Gasteiger partial charge in [0.15, 0.2) is 0 Å². The molecule has 2 heterocycles. The quantitative estimate of drug-likeness (QED) is 0.179. The molecule has 0 spiro atoms. The van der Waals surface area contributed by atoms with E-state index in [9.17, 15) is 0 Å². The highest BCUT2D eigenvalue weighted by molar-refractivity contribution is 6.07. The van der Waals surface area contributed by atoms with Gasteiger partial charge in [0.05, 0.1) is 0 Å². The summed E-state index contributed by atoms with van der Waals surface area (Å²) in [7, 11) is 0. The molecule has 0 amide bonds. The van der Waals surface area contributed by atoms with Gasteiger partial charge in [-0.25, -0.2) is 9.98 Å². The monoisotopic (exact) mass is 778 g/mol. The maximum absolute atomic E-state index is 7.25. The van der Waals surface area contributed by atoms with E-state index in [1.54, 1.807) is 11.1 Å². The Morgan fingerprint density at radius 2 is 0.814 bits per heavy atom. The smallest absolute Gasteiger partial charge is 0.201 e. The molecule has 0 N–H and O–H groups in total. The first kappa shape index (κ1) is 34.5. The van der Waals surface area contributed by atoms with Crippen molar-refractivity contribution in [2.24, 2.45) is 50.9 Å². The predicted octanol–water partition coefficient (Wildman–Crippen LogP) is 11.6. The maximum Gasteiger partial charge on any atom is 0.201 e. The van der Waals surface area contributed by atoms with Crippen molar-refractivity contribution < 1.29 is 9.47 Å². The zero-order valence-corrected chi connectivity index (χ0v) is 34.5. The fourth-order valence-corrected chi connectivity index (χ4v) is 16.7. The fraction of sp³-hybridized carbons (Fsp3) is 0.527. The largest absolute Gasteiger partial charge is 0.474 e. The van der Waals surface area contributed by atoms with Crippen LogP contribution in [0.4, 0.5) is 0 Å². The Kier molecular flexibility index (Phi) is 7.29. The summed E-state index contributed by atoms with van der Waals surface area (Å²) < 4.78 is 14.5. The fourth-order valence-electron chi connectivity index (χ4n) is 16.7. The summed E-state index contributed by atoms with van der Waals surface area (Å²) in [6.07, 6.45) is 20.6. The van der Waals surface area contributed by atoms with Crippen molar-refractivity contribution in [1.82, 2.24) is 0 Å². The van der Waals surface area contributed by atoms with Crippen LogP contribution < -0.4 is 0 Å². The number of hydrogen-bond acceptors (Lipinski definition) is 4. The summed E-state index contributed by atoms with van der Waals surface area (Å²) in [6, 6.07) is 37.7. The molecule has 8 saturated carbocycles. The van der Waals surface area contributed by atoms with Crippen molar-refractivity contribution in [3.63, 3.8) is 0 Å². The SMILES string of the molecule is c1ccc2c(c1)C[C@H]1OC(C(Cc3ccc(C45CC6CC(CC(C6)C4)C5)cc3)(Cc3ccc(C45CC6CC(CC(C6)C4)C5)cc3)C3=N[C@H]4c5ccccc5C[C@H]4O3)=N[C@@H]21. The minimum absolute atomic E-state index is 0.0136. The molecule has 0 unspecified atom stereocenters. The van der Waals surface area contributed by atoms with Crippen LogP contribution in [0.15, 0.2) is 107 Å². The van der Waals surface area contributed by atoms with Gasteiger partial charge in [-0.1, -0.05) is 97.1 Å². The minimum atomic E-state index is -0.664. The van der Waals surface area contributed by atoms with Gasteiger partial charge in [-0.2, -0.15) is 0 Å². The van der Waals surface area contributed by atoms with E-state index in [1.807, 2.05) is 0 Å². The average molecular weight is 779 g/mol. The third-order valence-electron chi connectivity index (χ3n) is 18.4. The molecule has 300 valence electrons. The van der Waals surface area contributed by atoms with Crippen molar-refractivity contribution in [2.45, 2.75) is 138 Å². The summed E-state index contributed by atoms with van der Waals surface area (Å²) in [5.41, 5.74) is 11.3. The van der Waals surface area contributed by atoms with Crippen LogP contribution in [0.2, 0.25) is 0 Å². The number of benzene rings is 4. The van der Waals surface area contributed by atoms with Gasteiger partial charge in [-0.3, -0.25) is 0 Å². The zero-order chi connectivity index (χ0) is 38.5. The van der Waals surface area contributed by atoms with Crippen LogP contribution >= 0.6 is 0 Å². The zero-order valence-electron chi connectivity index (χ0n) is 34.5. The molecule has 8 fully saturated rings. The van der Waals surface area contributed by atoms with E-state index in [0.29, 0.717) is 10.8 Å². The first-order valence-electron chi connectivity index (χ1n) is 23.8. The van der Waals surface area contributed by atoms with E-state index >= 15 is 0 Å². The molecular formula is C55H58N2O2. The Hall–Kier alpha value is -4.18. The maximum atomic E-state index is 7.25. The van der Waals surface area contributed by atoms with Crippen LogP contribution in [-0.2, 0) is 46.0 Å². The Morgan fingerprint density at radius 3 is 1.19 bits per heavy atom. The highest BCUT2D eigenvalue weighted by Gasteiger charge is 2.56. The van der Waals surface area contributed by atoms with Gasteiger partial charge in [-0.15, -0.1) is 0 Å². The van der Waals surface area contributed by atoms with Gasteiger partial charge in [0.2, 0.25) is 11.8 Å². The summed E-state index contributed by atoms with van der Waals surface area (Å²) in [6.45, 7) is 0. The summed E-state index contributed by atoms with van der Waals surface area (Å²) >= 11 is 0. The molecule has 0 aromatic heterocycles. The Balaban J connectivity index is 0.875. The number of aliphatic imine (C=N–C) groups is 2. The molecule has 4 aromatic carbocycles. The average Bonchev–Trinajstić information content (AvgIpc) is 4.00. The van der Waals surface area contributed by atoms with Gasteiger partial charge in [-0.05, 0) is 181 Å². The van der Waals surface area contributed by atoms with Crippen molar-refractivity contribution in [2.75, 3.05) is 0 Å². The summed E-state index contributed by atoms with van der Waals surface area (Å²) in [5, 5.41) is 0. The van der Waals surface area contributed by atoms with E-state index < -0.39 is 5.41 Å². The van der Waals surface area contributed by atoms with Gasteiger partial charge in [0.1, 0.15) is 29.7 Å². The minimum Gasteiger partial charge on any atom is -0.474 e. The second-order valence-corrected chi connectivity index (χ2v) is 22.1. The molecule has 4 nitrogen and oxygen atoms in total. The Labute approximate surface area is 350 Å².